The summed E-state index contributed by atoms with van der Waals surface area (Å²) in [6, 6.07) is -0.271. The number of carbonyl (C=O) groups is 2. The molecular weight excluding hydrogens is 206 g/mol. The Morgan fingerprint density at radius 1 is 1.12 bits per heavy atom. The second kappa shape index (κ2) is 6.10. The highest BCUT2D eigenvalue weighted by atomic mass is 16.5. The van der Waals surface area contributed by atoms with E-state index >= 15 is 0 Å². The number of hydrogen-bond acceptors (Lipinski definition) is 3. The summed E-state index contributed by atoms with van der Waals surface area (Å²) >= 11 is 0. The largest absolute Gasteiger partial charge is 0.457 e. The van der Waals surface area contributed by atoms with E-state index in [1.807, 2.05) is 0 Å². The van der Waals surface area contributed by atoms with Gasteiger partial charge in [0.1, 0.15) is 6.10 Å². The first kappa shape index (κ1) is 14.4. The van der Waals surface area contributed by atoms with E-state index in [2.05, 4.69) is 18.5 Å². The molecule has 90 valence electrons. The molecule has 0 aromatic carbocycles. The molecule has 0 aromatic rings. The maximum Gasteiger partial charge on any atom is 0.333 e. The molecule has 2 atom stereocenters. The SMILES string of the molecule is C=C(C)C(=O)NC(C)C(C)OC(=O)C(=C)C. The van der Waals surface area contributed by atoms with Crippen LogP contribution in [0.15, 0.2) is 24.3 Å². The summed E-state index contributed by atoms with van der Waals surface area (Å²) in [6.07, 6.45) is -0.410. The number of nitrogens with one attached hydrogen (secondary N) is 1. The second-order valence-electron chi connectivity index (χ2n) is 3.93. The fourth-order valence-corrected chi connectivity index (χ4v) is 0.819. The van der Waals surface area contributed by atoms with Crippen molar-refractivity contribution in [2.75, 3.05) is 0 Å². The molecule has 4 nitrogen and oxygen atoms in total. The zero-order valence-electron chi connectivity index (χ0n) is 10.3. The maximum atomic E-state index is 11.3. The van der Waals surface area contributed by atoms with Crippen molar-refractivity contribution in [3.63, 3.8) is 0 Å². The van der Waals surface area contributed by atoms with Gasteiger partial charge < -0.3 is 10.1 Å². The summed E-state index contributed by atoms with van der Waals surface area (Å²) < 4.78 is 5.07. The van der Waals surface area contributed by atoms with Gasteiger partial charge in [0.25, 0.3) is 0 Å². The predicted molar refractivity (Wildman–Crippen MR) is 62.8 cm³/mol. The number of amides is 1. The predicted octanol–water partition coefficient (Wildman–Crippen LogP) is 1.57. The summed E-state index contributed by atoms with van der Waals surface area (Å²) in [5.74, 6) is -0.699. The number of hydrogen-bond donors (Lipinski definition) is 1. The molecule has 0 aliphatic rings. The maximum absolute atomic E-state index is 11.3. The standard InChI is InChI=1S/C12H19NO3/c1-7(2)11(14)13-9(5)10(6)16-12(15)8(3)4/h9-10H,1,3H2,2,4-6H3,(H,13,14). The van der Waals surface area contributed by atoms with Gasteiger partial charge in [-0.3, -0.25) is 4.79 Å². The Kier molecular flexibility index (Phi) is 5.50. The van der Waals surface area contributed by atoms with Crippen LogP contribution < -0.4 is 5.32 Å². The van der Waals surface area contributed by atoms with Gasteiger partial charge >= 0.3 is 5.97 Å². The third-order valence-electron chi connectivity index (χ3n) is 2.09. The molecule has 0 fully saturated rings. The average molecular weight is 225 g/mol. The molecule has 0 heterocycles. The van der Waals surface area contributed by atoms with Crippen LogP contribution in [0, 0.1) is 0 Å². The van der Waals surface area contributed by atoms with E-state index in [0.29, 0.717) is 11.1 Å². The monoisotopic (exact) mass is 225 g/mol. The molecule has 0 aliphatic carbocycles. The first-order chi connectivity index (χ1) is 7.25. The zero-order chi connectivity index (χ0) is 12.9. The lowest BCUT2D eigenvalue weighted by molar-refractivity contribution is -0.145. The van der Waals surface area contributed by atoms with Crippen LogP contribution in [-0.4, -0.2) is 24.0 Å². The Hall–Kier alpha value is -1.58. The minimum atomic E-state index is -0.455. The summed E-state index contributed by atoms with van der Waals surface area (Å²) in [4.78, 5) is 22.5. The second-order valence-corrected chi connectivity index (χ2v) is 3.93. The molecule has 0 spiro atoms. The van der Waals surface area contributed by atoms with E-state index in [-0.39, 0.29) is 11.9 Å². The highest BCUT2D eigenvalue weighted by Crippen LogP contribution is 2.03. The van der Waals surface area contributed by atoms with Crippen molar-refractivity contribution in [1.29, 1.82) is 0 Å². The van der Waals surface area contributed by atoms with Gasteiger partial charge in [0.15, 0.2) is 0 Å². The van der Waals surface area contributed by atoms with E-state index in [1.54, 1.807) is 27.7 Å². The van der Waals surface area contributed by atoms with Gasteiger partial charge in [0.05, 0.1) is 6.04 Å². The molecule has 2 unspecified atom stereocenters. The van der Waals surface area contributed by atoms with E-state index in [1.165, 1.54) is 0 Å². The molecule has 0 aromatic heterocycles. The van der Waals surface area contributed by atoms with Crippen LogP contribution in [0.3, 0.4) is 0 Å². The van der Waals surface area contributed by atoms with Crippen molar-refractivity contribution in [3.05, 3.63) is 24.3 Å². The number of ether oxygens (including phenoxy) is 1. The van der Waals surface area contributed by atoms with Gasteiger partial charge in [-0.2, -0.15) is 0 Å². The summed E-state index contributed by atoms with van der Waals surface area (Å²) in [7, 11) is 0. The molecule has 0 saturated heterocycles. The van der Waals surface area contributed by atoms with Crippen LogP contribution in [0.2, 0.25) is 0 Å². The van der Waals surface area contributed by atoms with Crippen molar-refractivity contribution in [2.45, 2.75) is 39.8 Å². The highest BCUT2D eigenvalue weighted by Gasteiger charge is 2.18. The summed E-state index contributed by atoms with van der Waals surface area (Å²) in [5.41, 5.74) is 0.760. The van der Waals surface area contributed by atoms with Crippen LogP contribution in [0.5, 0.6) is 0 Å². The van der Waals surface area contributed by atoms with E-state index in [0.717, 1.165) is 0 Å². The summed E-state index contributed by atoms with van der Waals surface area (Å²) in [5, 5.41) is 2.68. The first-order valence-corrected chi connectivity index (χ1v) is 5.08. The highest BCUT2D eigenvalue weighted by molar-refractivity contribution is 5.92. The molecule has 16 heavy (non-hydrogen) atoms. The van der Waals surface area contributed by atoms with E-state index in [9.17, 15) is 9.59 Å². The zero-order valence-corrected chi connectivity index (χ0v) is 10.3. The molecule has 4 heteroatoms. The average Bonchev–Trinajstić information content (AvgIpc) is 2.16. The van der Waals surface area contributed by atoms with E-state index in [4.69, 9.17) is 4.74 Å². The third-order valence-corrected chi connectivity index (χ3v) is 2.09. The topological polar surface area (TPSA) is 55.4 Å². The van der Waals surface area contributed by atoms with E-state index < -0.39 is 12.1 Å². The Morgan fingerprint density at radius 3 is 2.00 bits per heavy atom. The van der Waals surface area contributed by atoms with Gasteiger partial charge in [-0.1, -0.05) is 13.2 Å². The number of carbonyl (C=O) groups excluding carboxylic acids is 2. The van der Waals surface area contributed by atoms with Gasteiger partial charge in [-0.15, -0.1) is 0 Å². The number of rotatable bonds is 5. The van der Waals surface area contributed by atoms with Gasteiger partial charge in [0, 0.05) is 11.1 Å². The fraction of sp³-hybridized carbons (Fsp3) is 0.500. The normalized spacial score (nSPS) is 13.5. The van der Waals surface area contributed by atoms with Crippen molar-refractivity contribution < 1.29 is 14.3 Å². The Balaban J connectivity index is 4.24. The summed E-state index contributed by atoms with van der Waals surface area (Å²) in [6.45, 7) is 13.7. The molecule has 1 amide bonds. The smallest absolute Gasteiger partial charge is 0.333 e. The Labute approximate surface area is 96.4 Å². The van der Waals surface area contributed by atoms with Crippen molar-refractivity contribution in [3.8, 4) is 0 Å². The van der Waals surface area contributed by atoms with Crippen LogP contribution in [-0.2, 0) is 14.3 Å². The third kappa shape index (κ3) is 4.77. The van der Waals surface area contributed by atoms with Crippen LogP contribution in [0.25, 0.3) is 0 Å². The Morgan fingerprint density at radius 2 is 1.62 bits per heavy atom. The van der Waals surface area contributed by atoms with Crippen molar-refractivity contribution >= 4 is 11.9 Å². The lowest BCUT2D eigenvalue weighted by Crippen LogP contribution is -2.42. The molecule has 1 N–H and O–H groups in total. The van der Waals surface area contributed by atoms with Crippen LogP contribution in [0.1, 0.15) is 27.7 Å². The minimum Gasteiger partial charge on any atom is -0.457 e. The van der Waals surface area contributed by atoms with Gasteiger partial charge in [-0.05, 0) is 27.7 Å². The molecule has 0 rings (SSSR count). The molecule has 0 radical (unpaired) electrons. The number of esters is 1. The Bertz CT molecular complexity index is 288. The lowest BCUT2D eigenvalue weighted by Gasteiger charge is -2.21. The minimum absolute atomic E-state index is 0.245. The first-order valence-electron chi connectivity index (χ1n) is 5.08. The van der Waals surface area contributed by atoms with Crippen LogP contribution in [0.4, 0.5) is 0 Å². The molecular formula is C12H19NO3. The quantitative estimate of drug-likeness (QED) is 0.571. The van der Waals surface area contributed by atoms with Crippen molar-refractivity contribution in [2.24, 2.45) is 0 Å². The van der Waals surface area contributed by atoms with Gasteiger partial charge in [0.2, 0.25) is 5.91 Å². The molecule has 0 aliphatic heterocycles. The van der Waals surface area contributed by atoms with Gasteiger partial charge in [-0.25, -0.2) is 4.79 Å². The fourth-order valence-electron chi connectivity index (χ4n) is 0.819. The lowest BCUT2D eigenvalue weighted by atomic mass is 10.2. The molecule has 0 saturated carbocycles. The van der Waals surface area contributed by atoms with Crippen molar-refractivity contribution in [1.82, 2.24) is 5.32 Å². The molecule has 0 bridgehead atoms. The van der Waals surface area contributed by atoms with Crippen LogP contribution >= 0.6 is 0 Å².